The molecule has 24 heavy (non-hydrogen) atoms. The van der Waals surface area contributed by atoms with Crippen LogP contribution in [0, 0.1) is 0 Å². The molecule has 7 heteroatoms. The quantitative estimate of drug-likeness (QED) is 0.710. The summed E-state index contributed by atoms with van der Waals surface area (Å²) < 4.78 is 9.68. The van der Waals surface area contributed by atoms with E-state index in [1.54, 1.807) is 24.3 Å². The summed E-state index contributed by atoms with van der Waals surface area (Å²) in [4.78, 5) is 13.0. The number of hydrogen-bond acceptors (Lipinski definition) is 5. The first-order valence-corrected chi connectivity index (χ1v) is 8.48. The number of anilines is 1. The van der Waals surface area contributed by atoms with Crippen molar-refractivity contribution in [2.45, 2.75) is 13.3 Å². The smallest absolute Gasteiger partial charge is 0.269 e. The van der Waals surface area contributed by atoms with Gasteiger partial charge in [0.1, 0.15) is 10.6 Å². The van der Waals surface area contributed by atoms with Crippen molar-refractivity contribution in [2.75, 3.05) is 5.32 Å². The monoisotopic (exact) mass is 359 g/mol. The molecule has 0 bridgehead atoms. The second kappa shape index (κ2) is 7.42. The number of aryl methyl sites for hydroxylation is 1. The van der Waals surface area contributed by atoms with Crippen molar-refractivity contribution in [1.82, 2.24) is 9.59 Å². The maximum atomic E-state index is 12.5. The van der Waals surface area contributed by atoms with E-state index in [0.717, 1.165) is 11.5 Å². The van der Waals surface area contributed by atoms with Crippen LogP contribution in [0.25, 0.3) is 0 Å². The van der Waals surface area contributed by atoms with Crippen LogP contribution in [-0.4, -0.2) is 15.5 Å². The summed E-state index contributed by atoms with van der Waals surface area (Å²) in [6.45, 7) is 1.93. The highest BCUT2D eigenvalue weighted by Crippen LogP contribution is 2.33. The van der Waals surface area contributed by atoms with E-state index in [0.29, 0.717) is 39.2 Å². The number of carbonyl (C=O) groups excluding carboxylic acids is 1. The molecule has 0 aliphatic rings. The normalized spacial score (nSPS) is 10.4. The van der Waals surface area contributed by atoms with E-state index in [4.69, 9.17) is 16.3 Å². The number of rotatable bonds is 5. The molecule has 0 spiro atoms. The van der Waals surface area contributed by atoms with Crippen LogP contribution in [0.15, 0.2) is 48.5 Å². The van der Waals surface area contributed by atoms with E-state index >= 15 is 0 Å². The third-order valence-electron chi connectivity index (χ3n) is 3.29. The van der Waals surface area contributed by atoms with Crippen LogP contribution < -0.4 is 10.1 Å². The van der Waals surface area contributed by atoms with Gasteiger partial charge in [-0.25, -0.2) is 0 Å². The third kappa shape index (κ3) is 3.55. The molecule has 0 saturated carbocycles. The minimum absolute atomic E-state index is 0.253. The molecule has 1 heterocycles. The fourth-order valence-corrected chi connectivity index (χ4v) is 2.92. The van der Waals surface area contributed by atoms with Crippen molar-refractivity contribution in [2.24, 2.45) is 0 Å². The van der Waals surface area contributed by atoms with Gasteiger partial charge in [-0.05, 0) is 42.2 Å². The van der Waals surface area contributed by atoms with Gasteiger partial charge in [-0.15, -0.1) is 5.10 Å². The van der Waals surface area contributed by atoms with Gasteiger partial charge in [-0.1, -0.05) is 47.3 Å². The lowest BCUT2D eigenvalue weighted by Crippen LogP contribution is -2.13. The summed E-state index contributed by atoms with van der Waals surface area (Å²) in [5.74, 6) is 0.779. The Balaban J connectivity index is 1.84. The second-order valence-electron chi connectivity index (χ2n) is 4.89. The highest BCUT2D eigenvalue weighted by Gasteiger charge is 2.17. The van der Waals surface area contributed by atoms with Crippen LogP contribution in [0.2, 0.25) is 5.02 Å². The maximum Gasteiger partial charge on any atom is 0.269 e. The zero-order chi connectivity index (χ0) is 16.9. The lowest BCUT2D eigenvalue weighted by Gasteiger charge is -2.12. The number of benzene rings is 2. The summed E-state index contributed by atoms with van der Waals surface area (Å²) >= 11 is 7.20. The number of nitrogens with one attached hydrogen (secondary N) is 1. The Morgan fingerprint density at radius 3 is 2.62 bits per heavy atom. The number of hydrogen-bond donors (Lipinski definition) is 1. The Morgan fingerprint density at radius 2 is 1.88 bits per heavy atom. The van der Waals surface area contributed by atoms with Gasteiger partial charge in [0.05, 0.1) is 16.4 Å². The summed E-state index contributed by atoms with van der Waals surface area (Å²) in [6, 6.07) is 14.4. The molecule has 2 aromatic carbocycles. The van der Waals surface area contributed by atoms with Gasteiger partial charge in [-0.3, -0.25) is 4.79 Å². The van der Waals surface area contributed by atoms with E-state index in [1.807, 2.05) is 31.2 Å². The van der Waals surface area contributed by atoms with Gasteiger partial charge in [-0.2, -0.15) is 0 Å². The number of amides is 1. The summed E-state index contributed by atoms with van der Waals surface area (Å²) in [5, 5.41) is 7.31. The molecule has 122 valence electrons. The summed E-state index contributed by atoms with van der Waals surface area (Å²) in [6.07, 6.45) is 0.650. The van der Waals surface area contributed by atoms with E-state index in [9.17, 15) is 4.79 Å². The topological polar surface area (TPSA) is 64.1 Å². The zero-order valence-corrected chi connectivity index (χ0v) is 14.4. The highest BCUT2D eigenvalue weighted by atomic mass is 35.5. The molecule has 3 aromatic rings. The molecule has 0 fully saturated rings. The van der Waals surface area contributed by atoms with Crippen molar-refractivity contribution >= 4 is 34.7 Å². The minimum Gasteiger partial charge on any atom is -0.454 e. The van der Waals surface area contributed by atoms with Crippen molar-refractivity contribution in [1.29, 1.82) is 0 Å². The molecular formula is C17H14ClN3O2S. The van der Waals surface area contributed by atoms with Crippen molar-refractivity contribution in [3.05, 3.63) is 64.1 Å². The zero-order valence-electron chi connectivity index (χ0n) is 12.8. The van der Waals surface area contributed by atoms with Gasteiger partial charge in [0.15, 0.2) is 5.75 Å². The standard InChI is InChI=1S/C17H14ClN3O2S/c1-2-12-16(24-21-20-12)17(22)19-13-8-4-6-10-15(13)23-14-9-5-3-7-11(14)18/h3-10H,2H2,1H3,(H,19,22). The molecule has 0 radical (unpaired) electrons. The fraction of sp³-hybridized carbons (Fsp3) is 0.118. The first-order chi connectivity index (χ1) is 11.7. The van der Waals surface area contributed by atoms with Gasteiger partial charge in [0.25, 0.3) is 5.91 Å². The number of para-hydroxylation sites is 3. The lowest BCUT2D eigenvalue weighted by atomic mass is 10.2. The summed E-state index contributed by atoms with van der Waals surface area (Å²) in [7, 11) is 0. The van der Waals surface area contributed by atoms with Gasteiger partial charge >= 0.3 is 0 Å². The molecule has 1 aromatic heterocycles. The number of aromatic nitrogens is 2. The van der Waals surface area contributed by atoms with Crippen molar-refractivity contribution in [3.8, 4) is 11.5 Å². The Morgan fingerprint density at radius 1 is 1.17 bits per heavy atom. The highest BCUT2D eigenvalue weighted by molar-refractivity contribution is 7.08. The fourth-order valence-electron chi connectivity index (χ4n) is 2.10. The van der Waals surface area contributed by atoms with E-state index in [1.165, 1.54) is 0 Å². The van der Waals surface area contributed by atoms with Crippen LogP contribution in [-0.2, 0) is 6.42 Å². The molecule has 0 unspecified atom stereocenters. The van der Waals surface area contributed by atoms with Crippen LogP contribution in [0.5, 0.6) is 11.5 Å². The average molecular weight is 360 g/mol. The first kappa shape index (κ1) is 16.4. The van der Waals surface area contributed by atoms with Crippen molar-refractivity contribution < 1.29 is 9.53 Å². The average Bonchev–Trinajstić information content (AvgIpc) is 3.07. The van der Waals surface area contributed by atoms with Gasteiger partial charge < -0.3 is 10.1 Å². The second-order valence-corrected chi connectivity index (χ2v) is 6.05. The Kier molecular flexibility index (Phi) is 5.08. The predicted octanol–water partition coefficient (Wildman–Crippen LogP) is 4.80. The van der Waals surface area contributed by atoms with Crippen LogP contribution >= 0.6 is 23.1 Å². The molecular weight excluding hydrogens is 346 g/mol. The summed E-state index contributed by atoms with van der Waals surface area (Å²) in [5.41, 5.74) is 1.24. The molecule has 0 aliphatic carbocycles. The van der Waals surface area contributed by atoms with Gasteiger partial charge in [0, 0.05) is 0 Å². The molecule has 0 saturated heterocycles. The van der Waals surface area contributed by atoms with Crippen LogP contribution in [0.1, 0.15) is 22.3 Å². The molecule has 3 rings (SSSR count). The van der Waals surface area contributed by atoms with E-state index in [-0.39, 0.29) is 5.91 Å². The lowest BCUT2D eigenvalue weighted by molar-refractivity contribution is 0.102. The number of halogens is 1. The number of carbonyl (C=O) groups is 1. The molecule has 1 amide bonds. The molecule has 1 N–H and O–H groups in total. The SMILES string of the molecule is CCc1nnsc1C(=O)Nc1ccccc1Oc1ccccc1Cl. The molecule has 0 aliphatic heterocycles. The predicted molar refractivity (Wildman–Crippen MR) is 95.2 cm³/mol. The maximum absolute atomic E-state index is 12.5. The van der Waals surface area contributed by atoms with Crippen molar-refractivity contribution in [3.63, 3.8) is 0 Å². The van der Waals surface area contributed by atoms with Crippen LogP contribution in [0.4, 0.5) is 5.69 Å². The third-order valence-corrected chi connectivity index (χ3v) is 4.37. The molecule has 0 atom stereocenters. The van der Waals surface area contributed by atoms with E-state index in [2.05, 4.69) is 14.9 Å². The number of nitrogens with zero attached hydrogens (tertiary/aromatic N) is 2. The van der Waals surface area contributed by atoms with Crippen LogP contribution in [0.3, 0.4) is 0 Å². The number of ether oxygens (including phenoxy) is 1. The molecule has 5 nitrogen and oxygen atoms in total. The Bertz CT molecular complexity index is 866. The Labute approximate surface area is 148 Å². The largest absolute Gasteiger partial charge is 0.454 e. The Hall–Kier alpha value is -2.44. The van der Waals surface area contributed by atoms with Gasteiger partial charge in [0.2, 0.25) is 0 Å². The first-order valence-electron chi connectivity index (χ1n) is 7.33. The minimum atomic E-state index is -0.253. The van der Waals surface area contributed by atoms with E-state index < -0.39 is 0 Å².